The van der Waals surface area contributed by atoms with Crippen LogP contribution in [0.25, 0.3) is 9.88 Å². The minimum atomic E-state index is 0.152. The van der Waals surface area contributed by atoms with Crippen molar-refractivity contribution in [2.75, 3.05) is 6.54 Å². The van der Waals surface area contributed by atoms with Gasteiger partial charge < -0.3 is 5.32 Å². The third kappa shape index (κ3) is 4.06. The predicted octanol–water partition coefficient (Wildman–Crippen LogP) is 3.21. The summed E-state index contributed by atoms with van der Waals surface area (Å²) in [7, 11) is 0. The molecule has 4 nitrogen and oxygen atoms in total. The Labute approximate surface area is 122 Å². The quantitative estimate of drug-likeness (QED) is 0.941. The Bertz CT molecular complexity index is 551. The molecule has 19 heavy (non-hydrogen) atoms. The van der Waals surface area contributed by atoms with Gasteiger partial charge in [-0.15, -0.1) is 21.5 Å². The molecule has 0 amide bonds. The maximum atomic E-state index is 4.44. The van der Waals surface area contributed by atoms with Crippen LogP contribution in [-0.2, 0) is 6.42 Å². The molecular weight excluding hydrogens is 276 g/mol. The van der Waals surface area contributed by atoms with Crippen molar-refractivity contribution >= 4 is 22.7 Å². The van der Waals surface area contributed by atoms with E-state index in [1.165, 1.54) is 0 Å². The molecule has 104 valence electrons. The summed E-state index contributed by atoms with van der Waals surface area (Å²) < 4.78 is 0. The Morgan fingerprint density at radius 3 is 2.42 bits per heavy atom. The number of aryl methyl sites for hydroxylation is 2. The van der Waals surface area contributed by atoms with Crippen LogP contribution in [0.3, 0.4) is 0 Å². The largest absolute Gasteiger partial charge is 0.312 e. The zero-order valence-electron chi connectivity index (χ0n) is 12.1. The average molecular weight is 296 g/mol. The number of thiazole rings is 1. The molecule has 0 unspecified atom stereocenters. The zero-order valence-corrected chi connectivity index (χ0v) is 13.7. The van der Waals surface area contributed by atoms with Gasteiger partial charge in [0.05, 0.1) is 15.6 Å². The van der Waals surface area contributed by atoms with E-state index in [4.69, 9.17) is 0 Å². The van der Waals surface area contributed by atoms with Crippen LogP contribution in [0.15, 0.2) is 0 Å². The van der Waals surface area contributed by atoms with Crippen LogP contribution in [0.4, 0.5) is 0 Å². The molecule has 6 heteroatoms. The van der Waals surface area contributed by atoms with E-state index < -0.39 is 0 Å². The van der Waals surface area contributed by atoms with Crippen LogP contribution in [0.5, 0.6) is 0 Å². The first-order valence-electron chi connectivity index (χ1n) is 6.37. The molecule has 0 fully saturated rings. The maximum absolute atomic E-state index is 4.44. The molecule has 2 aromatic heterocycles. The molecule has 1 N–H and O–H groups in total. The monoisotopic (exact) mass is 296 g/mol. The third-order valence-corrected chi connectivity index (χ3v) is 4.77. The van der Waals surface area contributed by atoms with Crippen LogP contribution < -0.4 is 5.32 Å². The lowest BCUT2D eigenvalue weighted by atomic mass is 10.1. The summed E-state index contributed by atoms with van der Waals surface area (Å²) >= 11 is 3.36. The summed E-state index contributed by atoms with van der Waals surface area (Å²) in [5, 5.41) is 15.2. The average Bonchev–Trinajstić information content (AvgIpc) is 2.83. The molecule has 0 saturated carbocycles. The van der Waals surface area contributed by atoms with Gasteiger partial charge in [-0.1, -0.05) is 11.3 Å². The SMILES string of the molecule is Cc1nc(C)c(-c2nnc(CCNC(C)(C)C)s2)s1. The normalized spacial score (nSPS) is 12.1. The minimum absolute atomic E-state index is 0.152. The van der Waals surface area contributed by atoms with Gasteiger partial charge >= 0.3 is 0 Å². The number of rotatable bonds is 4. The van der Waals surface area contributed by atoms with E-state index in [1.807, 2.05) is 13.8 Å². The molecule has 0 atom stereocenters. The van der Waals surface area contributed by atoms with Gasteiger partial charge in [-0.2, -0.15) is 0 Å². The summed E-state index contributed by atoms with van der Waals surface area (Å²) in [6.07, 6.45) is 0.922. The minimum Gasteiger partial charge on any atom is -0.312 e. The van der Waals surface area contributed by atoms with Crippen molar-refractivity contribution in [1.82, 2.24) is 20.5 Å². The highest BCUT2D eigenvalue weighted by molar-refractivity contribution is 7.21. The molecule has 0 aliphatic carbocycles. The van der Waals surface area contributed by atoms with Gasteiger partial charge in [0.2, 0.25) is 0 Å². The second kappa shape index (κ2) is 5.64. The lowest BCUT2D eigenvalue weighted by Crippen LogP contribution is -2.37. The molecule has 0 aliphatic rings. The summed E-state index contributed by atoms with van der Waals surface area (Å²) in [5.74, 6) is 0. The van der Waals surface area contributed by atoms with Crippen molar-refractivity contribution in [3.8, 4) is 9.88 Å². The highest BCUT2D eigenvalue weighted by atomic mass is 32.1. The second-order valence-electron chi connectivity index (χ2n) is 5.58. The molecule has 0 radical (unpaired) electrons. The van der Waals surface area contributed by atoms with Crippen LogP contribution in [0, 0.1) is 13.8 Å². The fourth-order valence-electron chi connectivity index (χ4n) is 1.72. The first-order valence-corrected chi connectivity index (χ1v) is 8.00. The van der Waals surface area contributed by atoms with Gasteiger partial charge in [0.15, 0.2) is 5.01 Å². The summed E-state index contributed by atoms with van der Waals surface area (Å²) in [4.78, 5) is 5.59. The molecule has 2 heterocycles. The van der Waals surface area contributed by atoms with Crippen molar-refractivity contribution in [2.45, 2.75) is 46.6 Å². The fraction of sp³-hybridized carbons (Fsp3) is 0.615. The number of hydrogen-bond donors (Lipinski definition) is 1. The molecule has 0 spiro atoms. The van der Waals surface area contributed by atoms with Crippen LogP contribution in [0.1, 0.15) is 36.5 Å². The molecule has 0 bridgehead atoms. The number of nitrogens with zero attached hydrogens (tertiary/aromatic N) is 3. The Kier molecular flexibility index (Phi) is 4.32. The van der Waals surface area contributed by atoms with E-state index in [-0.39, 0.29) is 5.54 Å². The molecule has 0 aliphatic heterocycles. The molecular formula is C13H20N4S2. The van der Waals surface area contributed by atoms with Gasteiger partial charge in [-0.05, 0) is 34.6 Å². The number of nitrogens with one attached hydrogen (secondary N) is 1. The Balaban J connectivity index is 2.01. The van der Waals surface area contributed by atoms with Gasteiger partial charge in [-0.25, -0.2) is 4.98 Å². The topological polar surface area (TPSA) is 50.7 Å². The number of hydrogen-bond acceptors (Lipinski definition) is 6. The van der Waals surface area contributed by atoms with Crippen LogP contribution >= 0.6 is 22.7 Å². The first kappa shape index (κ1) is 14.6. The fourth-order valence-corrected chi connectivity index (χ4v) is 3.60. The van der Waals surface area contributed by atoms with Crippen LogP contribution in [-0.4, -0.2) is 27.3 Å². The second-order valence-corrected chi connectivity index (χ2v) is 7.84. The van der Waals surface area contributed by atoms with E-state index in [1.54, 1.807) is 22.7 Å². The van der Waals surface area contributed by atoms with Crippen LogP contribution in [0.2, 0.25) is 0 Å². The van der Waals surface area contributed by atoms with E-state index in [2.05, 4.69) is 41.3 Å². The van der Waals surface area contributed by atoms with Gasteiger partial charge in [0, 0.05) is 18.5 Å². The lowest BCUT2D eigenvalue weighted by Gasteiger charge is -2.19. The lowest BCUT2D eigenvalue weighted by molar-refractivity contribution is 0.429. The number of aromatic nitrogens is 3. The molecule has 2 rings (SSSR count). The standard InChI is InChI=1S/C13H20N4S2/c1-8-11(18-9(2)15-8)12-17-16-10(19-12)6-7-14-13(3,4)5/h14H,6-7H2,1-5H3. The Hall–Kier alpha value is -0.850. The smallest absolute Gasteiger partial charge is 0.159 e. The van der Waals surface area contributed by atoms with E-state index >= 15 is 0 Å². The maximum Gasteiger partial charge on any atom is 0.159 e. The van der Waals surface area contributed by atoms with E-state index in [0.717, 1.165) is 38.6 Å². The molecule has 0 saturated heterocycles. The molecule has 0 aromatic carbocycles. The summed E-state index contributed by atoms with van der Waals surface area (Å²) in [6.45, 7) is 11.5. The van der Waals surface area contributed by atoms with E-state index in [9.17, 15) is 0 Å². The van der Waals surface area contributed by atoms with Crippen molar-refractivity contribution < 1.29 is 0 Å². The molecule has 2 aromatic rings. The van der Waals surface area contributed by atoms with Gasteiger partial charge in [0.25, 0.3) is 0 Å². The van der Waals surface area contributed by atoms with Crippen molar-refractivity contribution in [3.63, 3.8) is 0 Å². The van der Waals surface area contributed by atoms with E-state index in [0.29, 0.717) is 0 Å². The Morgan fingerprint density at radius 2 is 1.84 bits per heavy atom. The summed E-state index contributed by atoms with van der Waals surface area (Å²) in [5.41, 5.74) is 1.21. The highest BCUT2D eigenvalue weighted by Crippen LogP contribution is 2.31. The predicted molar refractivity (Wildman–Crippen MR) is 82.0 cm³/mol. The van der Waals surface area contributed by atoms with Gasteiger partial charge in [0.1, 0.15) is 5.01 Å². The van der Waals surface area contributed by atoms with Gasteiger partial charge in [-0.3, -0.25) is 0 Å². The summed E-state index contributed by atoms with van der Waals surface area (Å²) in [6, 6.07) is 0. The zero-order chi connectivity index (χ0) is 14.0. The third-order valence-electron chi connectivity index (χ3n) is 2.56. The first-order chi connectivity index (χ1) is 8.85. The van der Waals surface area contributed by atoms with Crippen molar-refractivity contribution in [3.05, 3.63) is 15.7 Å². The van der Waals surface area contributed by atoms with Crippen molar-refractivity contribution in [1.29, 1.82) is 0 Å². The highest BCUT2D eigenvalue weighted by Gasteiger charge is 2.14. The Morgan fingerprint density at radius 1 is 1.11 bits per heavy atom. The van der Waals surface area contributed by atoms with Crippen molar-refractivity contribution in [2.24, 2.45) is 0 Å².